The number of carbonyl (C=O) groups excluding carboxylic acids is 1. The largest absolute Gasteiger partial charge is 0.341 e. The molecule has 0 unspecified atom stereocenters. The van der Waals surface area contributed by atoms with Crippen molar-refractivity contribution in [3.05, 3.63) is 40.4 Å². The molecule has 8 heteroatoms. The number of aromatic nitrogens is 2. The Morgan fingerprint density at radius 3 is 2.96 bits per heavy atom. The topological polar surface area (TPSA) is 78.1 Å². The van der Waals surface area contributed by atoms with E-state index in [1.807, 2.05) is 23.1 Å². The monoisotopic (exact) mass is 382 g/mol. The molecule has 6 nitrogen and oxygen atoms in total. The first-order chi connectivity index (χ1) is 11.7. The summed E-state index contributed by atoms with van der Waals surface area (Å²) in [7, 11) is 0. The number of hydrogen-bond donors (Lipinski definition) is 2. The number of benzene rings is 1. The molecule has 1 aromatic carbocycles. The van der Waals surface area contributed by atoms with E-state index in [9.17, 15) is 9.59 Å². The van der Waals surface area contributed by atoms with Gasteiger partial charge in [0.1, 0.15) is 5.82 Å². The third kappa shape index (κ3) is 5.45. The Balaban J connectivity index is 0.00000225. The zero-order chi connectivity index (χ0) is 16.8. The van der Waals surface area contributed by atoms with Crippen LogP contribution in [0.3, 0.4) is 0 Å². The second-order valence-corrected chi connectivity index (χ2v) is 6.92. The molecule has 25 heavy (non-hydrogen) atoms. The van der Waals surface area contributed by atoms with Crippen LogP contribution in [0.2, 0.25) is 0 Å². The minimum Gasteiger partial charge on any atom is -0.341 e. The van der Waals surface area contributed by atoms with Gasteiger partial charge in [0.05, 0.1) is 16.7 Å². The van der Waals surface area contributed by atoms with E-state index >= 15 is 0 Å². The minimum atomic E-state index is -0.107. The van der Waals surface area contributed by atoms with E-state index in [0.717, 1.165) is 38.4 Å². The summed E-state index contributed by atoms with van der Waals surface area (Å²) in [6.45, 7) is 3.50. The molecule has 1 aromatic heterocycles. The number of rotatable bonds is 5. The standard InChI is InChI=1S/C17H22N4O2S.ClH/c22-16(21-9-3-7-18-8-10-21)6-11-24-12-15-19-14-5-2-1-4-13(14)17(23)20-15;/h1-2,4-5,18H,3,6-12H2,(H,19,20,23);1H. The molecule has 0 saturated carbocycles. The fraction of sp³-hybridized carbons (Fsp3) is 0.471. The number of amides is 1. The molecule has 136 valence electrons. The van der Waals surface area contributed by atoms with Gasteiger partial charge < -0.3 is 15.2 Å². The Bertz CT molecular complexity index is 760. The number of carbonyl (C=O) groups is 1. The molecule has 1 saturated heterocycles. The number of fused-ring (bicyclic) bond motifs is 1. The highest BCUT2D eigenvalue weighted by molar-refractivity contribution is 7.98. The van der Waals surface area contributed by atoms with Crippen LogP contribution in [0.25, 0.3) is 10.9 Å². The first kappa shape index (κ1) is 19.8. The third-order valence-corrected chi connectivity index (χ3v) is 5.02. The summed E-state index contributed by atoms with van der Waals surface area (Å²) in [5.74, 6) is 2.22. The molecule has 0 spiro atoms. The maximum atomic E-state index is 12.2. The molecule has 0 bridgehead atoms. The molecule has 2 heterocycles. The first-order valence-corrected chi connectivity index (χ1v) is 9.44. The van der Waals surface area contributed by atoms with Crippen LogP contribution >= 0.6 is 24.2 Å². The van der Waals surface area contributed by atoms with Crippen LogP contribution < -0.4 is 10.9 Å². The number of thioether (sulfide) groups is 1. The molecule has 0 radical (unpaired) electrons. The lowest BCUT2D eigenvalue weighted by molar-refractivity contribution is -0.130. The Labute approximate surface area is 157 Å². The number of H-pyrrole nitrogens is 1. The van der Waals surface area contributed by atoms with Crippen LogP contribution in [0.15, 0.2) is 29.1 Å². The van der Waals surface area contributed by atoms with Crippen molar-refractivity contribution >= 4 is 41.0 Å². The van der Waals surface area contributed by atoms with Crippen LogP contribution in [0.5, 0.6) is 0 Å². The van der Waals surface area contributed by atoms with Gasteiger partial charge in [0.2, 0.25) is 5.91 Å². The summed E-state index contributed by atoms with van der Waals surface area (Å²) in [5, 5.41) is 3.91. The van der Waals surface area contributed by atoms with Crippen LogP contribution in [0, 0.1) is 0 Å². The van der Waals surface area contributed by atoms with Gasteiger partial charge in [-0.15, -0.1) is 12.4 Å². The summed E-state index contributed by atoms with van der Waals surface area (Å²) < 4.78 is 0. The molecule has 0 atom stereocenters. The predicted molar refractivity (Wildman–Crippen MR) is 104 cm³/mol. The summed E-state index contributed by atoms with van der Waals surface area (Å²) in [4.78, 5) is 33.4. The van der Waals surface area contributed by atoms with Gasteiger partial charge in [-0.05, 0) is 25.1 Å². The fourth-order valence-corrected chi connectivity index (χ4v) is 3.58. The van der Waals surface area contributed by atoms with Gasteiger partial charge >= 0.3 is 0 Å². The van der Waals surface area contributed by atoms with E-state index in [1.165, 1.54) is 0 Å². The van der Waals surface area contributed by atoms with Crippen LogP contribution in [-0.2, 0) is 10.5 Å². The Morgan fingerprint density at radius 2 is 2.08 bits per heavy atom. The molecule has 1 aliphatic heterocycles. The van der Waals surface area contributed by atoms with Crippen LogP contribution in [-0.4, -0.2) is 52.7 Å². The van der Waals surface area contributed by atoms with E-state index in [0.29, 0.717) is 28.9 Å². The lowest BCUT2D eigenvalue weighted by Gasteiger charge is -2.19. The second-order valence-electron chi connectivity index (χ2n) is 5.82. The summed E-state index contributed by atoms with van der Waals surface area (Å²) >= 11 is 1.63. The van der Waals surface area contributed by atoms with Crippen molar-refractivity contribution in [3.63, 3.8) is 0 Å². The highest BCUT2D eigenvalue weighted by Crippen LogP contribution is 2.13. The highest BCUT2D eigenvalue weighted by atomic mass is 35.5. The van der Waals surface area contributed by atoms with Crippen molar-refractivity contribution in [2.75, 3.05) is 31.9 Å². The molecule has 3 rings (SSSR count). The lowest BCUT2D eigenvalue weighted by atomic mass is 10.2. The predicted octanol–water partition coefficient (Wildman–Crippen LogP) is 1.79. The fourth-order valence-electron chi connectivity index (χ4n) is 2.78. The molecule has 1 fully saturated rings. The number of aromatic amines is 1. The van der Waals surface area contributed by atoms with E-state index in [4.69, 9.17) is 0 Å². The van der Waals surface area contributed by atoms with Gasteiger partial charge in [0.15, 0.2) is 0 Å². The van der Waals surface area contributed by atoms with Crippen LogP contribution in [0.1, 0.15) is 18.7 Å². The maximum Gasteiger partial charge on any atom is 0.258 e. The highest BCUT2D eigenvalue weighted by Gasteiger charge is 2.14. The van der Waals surface area contributed by atoms with E-state index < -0.39 is 0 Å². The quantitative estimate of drug-likeness (QED) is 0.771. The Morgan fingerprint density at radius 1 is 1.24 bits per heavy atom. The average Bonchev–Trinajstić information content (AvgIpc) is 2.88. The maximum absolute atomic E-state index is 12.2. The van der Waals surface area contributed by atoms with E-state index in [1.54, 1.807) is 17.8 Å². The number of halogens is 1. The zero-order valence-corrected chi connectivity index (χ0v) is 15.6. The number of para-hydroxylation sites is 1. The SMILES string of the molecule is Cl.O=C(CCSCc1nc2ccccc2c(=O)[nH]1)N1CCCNCC1. The molecule has 2 N–H and O–H groups in total. The smallest absolute Gasteiger partial charge is 0.258 e. The van der Waals surface area contributed by atoms with E-state index in [-0.39, 0.29) is 23.9 Å². The van der Waals surface area contributed by atoms with Crippen molar-refractivity contribution in [2.45, 2.75) is 18.6 Å². The third-order valence-electron chi connectivity index (χ3n) is 4.05. The van der Waals surface area contributed by atoms with Gasteiger partial charge in [-0.25, -0.2) is 4.98 Å². The Kier molecular flexibility index (Phi) is 7.74. The number of nitrogens with zero attached hydrogens (tertiary/aromatic N) is 2. The number of nitrogens with one attached hydrogen (secondary N) is 2. The molecular weight excluding hydrogens is 360 g/mol. The Hall–Kier alpha value is -1.57. The van der Waals surface area contributed by atoms with Crippen molar-refractivity contribution in [1.29, 1.82) is 0 Å². The molecular formula is C17H23ClN4O2S. The lowest BCUT2D eigenvalue weighted by Crippen LogP contribution is -2.34. The van der Waals surface area contributed by atoms with Gasteiger partial charge in [0, 0.05) is 31.8 Å². The first-order valence-electron chi connectivity index (χ1n) is 8.28. The van der Waals surface area contributed by atoms with Crippen molar-refractivity contribution in [1.82, 2.24) is 20.2 Å². The van der Waals surface area contributed by atoms with Gasteiger partial charge in [-0.3, -0.25) is 9.59 Å². The van der Waals surface area contributed by atoms with Crippen molar-refractivity contribution in [3.8, 4) is 0 Å². The van der Waals surface area contributed by atoms with Crippen molar-refractivity contribution in [2.24, 2.45) is 0 Å². The molecule has 1 amide bonds. The zero-order valence-electron chi connectivity index (χ0n) is 14.0. The molecule has 1 aliphatic rings. The van der Waals surface area contributed by atoms with Crippen LogP contribution in [0.4, 0.5) is 0 Å². The van der Waals surface area contributed by atoms with E-state index in [2.05, 4.69) is 15.3 Å². The summed E-state index contributed by atoms with van der Waals surface area (Å²) in [6, 6.07) is 7.32. The average molecular weight is 383 g/mol. The van der Waals surface area contributed by atoms with Crippen molar-refractivity contribution < 1.29 is 4.79 Å². The van der Waals surface area contributed by atoms with Gasteiger partial charge in [0.25, 0.3) is 5.56 Å². The molecule has 0 aliphatic carbocycles. The minimum absolute atomic E-state index is 0. The normalized spacial score (nSPS) is 14.8. The number of hydrogen-bond acceptors (Lipinski definition) is 5. The molecule has 2 aromatic rings. The summed E-state index contributed by atoms with van der Waals surface area (Å²) in [5.41, 5.74) is 0.606. The second kappa shape index (κ2) is 9.79. The van der Waals surface area contributed by atoms with Gasteiger partial charge in [-0.2, -0.15) is 11.8 Å². The van der Waals surface area contributed by atoms with Gasteiger partial charge in [-0.1, -0.05) is 12.1 Å². The summed E-state index contributed by atoms with van der Waals surface area (Å²) in [6.07, 6.45) is 1.55.